The number of aromatic amines is 1. The van der Waals surface area contributed by atoms with Crippen LogP contribution in [0.25, 0.3) is 33.5 Å². The van der Waals surface area contributed by atoms with Gasteiger partial charge in [-0.3, -0.25) is 0 Å². The molecule has 0 bridgehead atoms. The number of nitrogens with one attached hydrogen (secondary N) is 2. The molecule has 2 atom stereocenters. The number of likely N-dealkylation sites (N-methyl/N-ethyl adjacent to an activating group) is 1. The standard InChI is InChI=1S/C29H38FN7O4/c1-3-39-11-12-41-14-13-40-10-9-36(2)29(38)34-22-5-4-6-23(16-22)37-8-7-20-17-31-27(35-28(20)37)25-19-33-26-24(25)15-21(30)18-32-26/h7-8,15,17-19,22-23H,3-6,9-14,16H2,1-2H3,(H,32,33)(H,34,38)/t22-,23+/m0/s1. The van der Waals surface area contributed by atoms with Gasteiger partial charge in [0.05, 0.1) is 39.2 Å². The summed E-state index contributed by atoms with van der Waals surface area (Å²) in [6.07, 6.45) is 10.5. The van der Waals surface area contributed by atoms with Gasteiger partial charge in [0.25, 0.3) is 0 Å². The lowest BCUT2D eigenvalue weighted by Gasteiger charge is -2.32. The predicted molar refractivity (Wildman–Crippen MR) is 153 cm³/mol. The summed E-state index contributed by atoms with van der Waals surface area (Å²) in [7, 11) is 1.78. The largest absolute Gasteiger partial charge is 0.379 e. The second-order valence-electron chi connectivity index (χ2n) is 10.3. The molecule has 1 aliphatic carbocycles. The zero-order chi connectivity index (χ0) is 28.6. The summed E-state index contributed by atoms with van der Waals surface area (Å²) in [5.74, 6) is 0.104. The minimum absolute atomic E-state index is 0.0600. The van der Waals surface area contributed by atoms with E-state index in [0.717, 1.165) is 36.7 Å². The summed E-state index contributed by atoms with van der Waals surface area (Å²) < 4.78 is 32.3. The van der Waals surface area contributed by atoms with Crippen molar-refractivity contribution < 1.29 is 23.4 Å². The van der Waals surface area contributed by atoms with Crippen molar-refractivity contribution in [3.63, 3.8) is 0 Å². The van der Waals surface area contributed by atoms with E-state index < -0.39 is 5.82 Å². The van der Waals surface area contributed by atoms with Crippen LogP contribution in [-0.2, 0) is 14.2 Å². The number of H-pyrrole nitrogens is 1. The third-order valence-corrected chi connectivity index (χ3v) is 7.43. The summed E-state index contributed by atoms with van der Waals surface area (Å²) in [4.78, 5) is 31.1. The molecule has 0 spiro atoms. The monoisotopic (exact) mass is 567 g/mol. The third-order valence-electron chi connectivity index (χ3n) is 7.43. The number of hydrogen-bond acceptors (Lipinski definition) is 7. The van der Waals surface area contributed by atoms with Crippen molar-refractivity contribution in [2.75, 3.05) is 53.2 Å². The van der Waals surface area contributed by atoms with Crippen molar-refractivity contribution in [3.05, 3.63) is 42.7 Å². The molecule has 1 saturated carbocycles. The lowest BCUT2D eigenvalue weighted by molar-refractivity contribution is 0.0149. The van der Waals surface area contributed by atoms with Crippen molar-refractivity contribution >= 4 is 28.1 Å². The van der Waals surface area contributed by atoms with Crippen LogP contribution in [0.1, 0.15) is 38.6 Å². The third kappa shape index (κ3) is 7.19. The van der Waals surface area contributed by atoms with Crippen LogP contribution >= 0.6 is 0 Å². The molecular weight excluding hydrogens is 529 g/mol. The predicted octanol–water partition coefficient (Wildman–Crippen LogP) is 4.31. The Hall–Kier alpha value is -3.61. The number of nitrogens with zero attached hydrogens (tertiary/aromatic N) is 5. The van der Waals surface area contributed by atoms with Crippen molar-refractivity contribution in [2.24, 2.45) is 0 Å². The quantitative estimate of drug-likeness (QED) is 0.231. The van der Waals surface area contributed by atoms with Crippen LogP contribution in [0.3, 0.4) is 0 Å². The average molecular weight is 568 g/mol. The lowest BCUT2D eigenvalue weighted by atomic mass is 9.91. The molecule has 4 aromatic heterocycles. The van der Waals surface area contributed by atoms with Gasteiger partial charge in [0, 0.05) is 67.2 Å². The Balaban J connectivity index is 1.15. The first-order chi connectivity index (χ1) is 20.0. The number of rotatable bonds is 13. The van der Waals surface area contributed by atoms with E-state index in [0.29, 0.717) is 68.6 Å². The molecule has 5 rings (SSSR count). The van der Waals surface area contributed by atoms with Gasteiger partial charge in [0.1, 0.15) is 17.1 Å². The van der Waals surface area contributed by atoms with Crippen molar-refractivity contribution in [3.8, 4) is 11.4 Å². The maximum atomic E-state index is 13.9. The molecule has 4 heterocycles. The van der Waals surface area contributed by atoms with Crippen molar-refractivity contribution in [1.82, 2.24) is 34.7 Å². The van der Waals surface area contributed by atoms with Crippen LogP contribution in [0.2, 0.25) is 0 Å². The Morgan fingerprint density at radius 3 is 2.78 bits per heavy atom. The van der Waals surface area contributed by atoms with Gasteiger partial charge in [-0.15, -0.1) is 0 Å². The van der Waals surface area contributed by atoms with E-state index in [9.17, 15) is 9.18 Å². The van der Waals surface area contributed by atoms with Crippen LogP contribution < -0.4 is 5.32 Å². The highest BCUT2D eigenvalue weighted by atomic mass is 19.1. The first-order valence-electron chi connectivity index (χ1n) is 14.2. The van der Waals surface area contributed by atoms with E-state index in [2.05, 4.69) is 24.8 Å². The molecule has 0 aromatic carbocycles. The van der Waals surface area contributed by atoms with Gasteiger partial charge in [0.15, 0.2) is 5.82 Å². The number of carbonyl (C=O) groups is 1. The van der Waals surface area contributed by atoms with Gasteiger partial charge in [-0.2, -0.15) is 0 Å². The number of amides is 2. The van der Waals surface area contributed by atoms with Crippen LogP contribution in [0, 0.1) is 5.82 Å². The highest BCUT2D eigenvalue weighted by molar-refractivity contribution is 5.92. The second-order valence-corrected chi connectivity index (χ2v) is 10.3. The molecule has 2 amide bonds. The molecule has 11 nitrogen and oxygen atoms in total. The van der Waals surface area contributed by atoms with Crippen LogP contribution in [0.4, 0.5) is 9.18 Å². The SMILES string of the molecule is CCOCCOCCOCCN(C)C(=O)N[C@H]1CCC[C@@H](n2ccc3cnc(-c4c[nH]c5ncc(F)cc45)nc32)C1. The zero-order valence-electron chi connectivity index (χ0n) is 23.6. The average Bonchev–Trinajstić information content (AvgIpc) is 3.60. The number of urea groups is 1. The maximum absolute atomic E-state index is 13.9. The van der Waals surface area contributed by atoms with Gasteiger partial charge in [0.2, 0.25) is 0 Å². The fraction of sp³-hybridized carbons (Fsp3) is 0.517. The molecule has 0 unspecified atom stereocenters. The summed E-state index contributed by atoms with van der Waals surface area (Å²) in [6.45, 7) is 5.70. The molecule has 220 valence electrons. The molecule has 41 heavy (non-hydrogen) atoms. The molecule has 1 aliphatic rings. The number of carbonyl (C=O) groups excluding carboxylic acids is 1. The molecular formula is C29H38FN7O4. The summed E-state index contributed by atoms with van der Waals surface area (Å²) in [5, 5.41) is 4.77. The highest BCUT2D eigenvalue weighted by Crippen LogP contribution is 2.33. The first kappa shape index (κ1) is 28.9. The fourth-order valence-electron chi connectivity index (χ4n) is 5.24. The minimum Gasteiger partial charge on any atom is -0.379 e. The van der Waals surface area contributed by atoms with Gasteiger partial charge >= 0.3 is 6.03 Å². The number of halogens is 1. The summed E-state index contributed by atoms with van der Waals surface area (Å²) >= 11 is 0. The molecule has 1 fully saturated rings. The summed E-state index contributed by atoms with van der Waals surface area (Å²) in [5.41, 5.74) is 2.11. The molecule has 0 saturated heterocycles. The van der Waals surface area contributed by atoms with E-state index in [1.54, 1.807) is 24.3 Å². The number of aromatic nitrogens is 5. The van der Waals surface area contributed by atoms with E-state index in [4.69, 9.17) is 19.2 Å². The normalized spacial score (nSPS) is 17.3. The highest BCUT2D eigenvalue weighted by Gasteiger charge is 2.26. The molecule has 2 N–H and O–H groups in total. The Bertz CT molecular complexity index is 1440. The Kier molecular flexibility index (Phi) is 9.75. The van der Waals surface area contributed by atoms with Crippen LogP contribution in [-0.4, -0.2) is 94.7 Å². The van der Waals surface area contributed by atoms with Gasteiger partial charge < -0.3 is 34.0 Å². The van der Waals surface area contributed by atoms with Crippen LogP contribution in [0.5, 0.6) is 0 Å². The Morgan fingerprint density at radius 2 is 1.95 bits per heavy atom. The minimum atomic E-state index is -0.407. The number of pyridine rings is 1. The number of ether oxygens (including phenoxy) is 3. The number of hydrogen-bond donors (Lipinski definition) is 2. The van der Waals surface area contributed by atoms with Gasteiger partial charge in [-0.25, -0.2) is 24.1 Å². The zero-order valence-corrected chi connectivity index (χ0v) is 23.6. The van der Waals surface area contributed by atoms with Crippen molar-refractivity contribution in [2.45, 2.75) is 44.7 Å². The molecule has 12 heteroatoms. The fourth-order valence-corrected chi connectivity index (χ4v) is 5.24. The van der Waals surface area contributed by atoms with E-state index in [1.165, 1.54) is 12.3 Å². The Morgan fingerprint density at radius 1 is 1.15 bits per heavy atom. The van der Waals surface area contributed by atoms with E-state index >= 15 is 0 Å². The molecule has 0 aliphatic heterocycles. The first-order valence-corrected chi connectivity index (χ1v) is 14.2. The Labute approximate surface area is 238 Å². The second kappa shape index (κ2) is 13.8. The molecule has 0 radical (unpaired) electrons. The van der Waals surface area contributed by atoms with E-state index in [-0.39, 0.29) is 18.1 Å². The van der Waals surface area contributed by atoms with Gasteiger partial charge in [-0.05, 0) is 44.7 Å². The molecule has 4 aromatic rings. The maximum Gasteiger partial charge on any atom is 0.317 e. The summed E-state index contributed by atoms with van der Waals surface area (Å²) in [6, 6.07) is 3.60. The van der Waals surface area contributed by atoms with E-state index in [1.807, 2.05) is 19.2 Å². The van der Waals surface area contributed by atoms with Crippen LogP contribution in [0.15, 0.2) is 36.9 Å². The topological polar surface area (TPSA) is 119 Å². The van der Waals surface area contributed by atoms with Crippen molar-refractivity contribution in [1.29, 1.82) is 0 Å². The van der Waals surface area contributed by atoms with Gasteiger partial charge in [-0.1, -0.05) is 0 Å². The number of fused-ring (bicyclic) bond motifs is 2. The lowest BCUT2D eigenvalue weighted by Crippen LogP contribution is -2.46. The smallest absolute Gasteiger partial charge is 0.317 e.